The first kappa shape index (κ1) is 12.0. The van der Waals surface area contributed by atoms with Gasteiger partial charge in [0.25, 0.3) is 0 Å². The predicted octanol–water partition coefficient (Wildman–Crippen LogP) is 0.533. The molecule has 2 atom stereocenters. The highest BCUT2D eigenvalue weighted by atomic mass is 32.2. The molecule has 2 unspecified atom stereocenters. The van der Waals surface area contributed by atoms with E-state index in [0.717, 1.165) is 0 Å². The SMILES string of the molecule is COc1ccc(C(CO)S(=O)O)cc1N. The summed E-state index contributed by atoms with van der Waals surface area (Å²) in [4.78, 5) is 0. The molecule has 1 aromatic rings. The van der Waals surface area contributed by atoms with Crippen molar-refractivity contribution in [1.82, 2.24) is 0 Å². The van der Waals surface area contributed by atoms with Gasteiger partial charge in [0, 0.05) is 0 Å². The van der Waals surface area contributed by atoms with Gasteiger partial charge in [-0.05, 0) is 17.7 Å². The maximum Gasteiger partial charge on any atom is 0.162 e. The maximum atomic E-state index is 10.9. The third kappa shape index (κ3) is 2.68. The molecule has 1 aromatic carbocycles. The minimum absolute atomic E-state index is 0.374. The molecule has 0 aliphatic rings. The summed E-state index contributed by atoms with van der Waals surface area (Å²) >= 11 is -2.12. The van der Waals surface area contributed by atoms with Gasteiger partial charge in [0.15, 0.2) is 11.1 Å². The van der Waals surface area contributed by atoms with Crippen molar-refractivity contribution in [2.45, 2.75) is 5.25 Å². The van der Waals surface area contributed by atoms with Crippen molar-refractivity contribution in [2.24, 2.45) is 0 Å². The third-order valence-corrected chi connectivity index (χ3v) is 2.94. The highest BCUT2D eigenvalue weighted by Gasteiger charge is 2.17. The first-order valence-electron chi connectivity index (χ1n) is 4.24. The molecule has 4 N–H and O–H groups in total. The third-order valence-electron chi connectivity index (χ3n) is 2.03. The van der Waals surface area contributed by atoms with Crippen molar-refractivity contribution in [3.8, 4) is 5.75 Å². The van der Waals surface area contributed by atoms with E-state index in [9.17, 15) is 4.21 Å². The fourth-order valence-corrected chi connectivity index (χ4v) is 1.75. The number of aliphatic hydroxyl groups is 1. The monoisotopic (exact) mass is 231 g/mol. The molecular weight excluding hydrogens is 218 g/mol. The summed E-state index contributed by atoms with van der Waals surface area (Å²) in [5.41, 5.74) is 6.52. The van der Waals surface area contributed by atoms with Crippen molar-refractivity contribution in [3.05, 3.63) is 23.8 Å². The zero-order chi connectivity index (χ0) is 11.4. The number of hydrogen-bond donors (Lipinski definition) is 3. The Morgan fingerprint density at radius 3 is 2.67 bits per heavy atom. The molecule has 0 radical (unpaired) electrons. The van der Waals surface area contributed by atoms with Gasteiger partial charge in [-0.25, -0.2) is 4.21 Å². The van der Waals surface area contributed by atoms with E-state index in [4.69, 9.17) is 20.1 Å². The lowest BCUT2D eigenvalue weighted by atomic mass is 10.1. The van der Waals surface area contributed by atoms with Gasteiger partial charge in [0.1, 0.15) is 11.0 Å². The fraction of sp³-hybridized carbons (Fsp3) is 0.333. The van der Waals surface area contributed by atoms with Gasteiger partial charge in [0.05, 0.1) is 19.4 Å². The number of methoxy groups -OCH3 is 1. The van der Waals surface area contributed by atoms with Crippen LogP contribution in [0.3, 0.4) is 0 Å². The van der Waals surface area contributed by atoms with E-state index in [1.165, 1.54) is 13.2 Å². The van der Waals surface area contributed by atoms with Crippen molar-refractivity contribution < 1.29 is 18.6 Å². The largest absolute Gasteiger partial charge is 0.495 e. The van der Waals surface area contributed by atoms with Crippen LogP contribution in [0.25, 0.3) is 0 Å². The van der Waals surface area contributed by atoms with Crippen molar-refractivity contribution in [2.75, 3.05) is 19.5 Å². The Balaban J connectivity index is 3.05. The van der Waals surface area contributed by atoms with Gasteiger partial charge in [-0.1, -0.05) is 6.07 Å². The van der Waals surface area contributed by atoms with Crippen LogP contribution in [0.15, 0.2) is 18.2 Å². The van der Waals surface area contributed by atoms with Gasteiger partial charge in [-0.3, -0.25) is 0 Å². The van der Waals surface area contributed by atoms with E-state index >= 15 is 0 Å². The number of benzene rings is 1. The van der Waals surface area contributed by atoms with E-state index in [1.54, 1.807) is 12.1 Å². The summed E-state index contributed by atoms with van der Waals surface area (Å²) in [6.07, 6.45) is 0. The predicted molar refractivity (Wildman–Crippen MR) is 58.0 cm³/mol. The van der Waals surface area contributed by atoms with Crippen LogP contribution in [0.1, 0.15) is 10.8 Å². The van der Waals surface area contributed by atoms with Gasteiger partial charge in [-0.2, -0.15) is 0 Å². The summed E-state index contributed by atoms with van der Waals surface area (Å²) in [5.74, 6) is 0.499. The van der Waals surface area contributed by atoms with Crippen LogP contribution >= 0.6 is 0 Å². The second-order valence-electron chi connectivity index (χ2n) is 2.95. The number of anilines is 1. The molecule has 0 heterocycles. The van der Waals surface area contributed by atoms with E-state index in [1.807, 2.05) is 0 Å². The average molecular weight is 231 g/mol. The van der Waals surface area contributed by atoms with E-state index in [-0.39, 0.29) is 0 Å². The number of aliphatic hydroxyl groups excluding tert-OH is 1. The maximum absolute atomic E-state index is 10.9. The van der Waals surface area contributed by atoms with Crippen LogP contribution in [-0.2, 0) is 11.1 Å². The molecular formula is C9H13NO4S. The van der Waals surface area contributed by atoms with Gasteiger partial charge < -0.3 is 20.1 Å². The Labute approximate surface area is 90.2 Å². The second kappa shape index (κ2) is 5.11. The minimum atomic E-state index is -2.12. The Kier molecular flexibility index (Phi) is 4.07. The first-order valence-corrected chi connectivity index (χ1v) is 5.41. The van der Waals surface area contributed by atoms with Crippen molar-refractivity contribution in [3.63, 3.8) is 0 Å². The van der Waals surface area contributed by atoms with E-state index < -0.39 is 22.9 Å². The Morgan fingerprint density at radius 1 is 1.60 bits per heavy atom. The quantitative estimate of drug-likeness (QED) is 0.519. The molecule has 5 nitrogen and oxygen atoms in total. The number of rotatable bonds is 4. The van der Waals surface area contributed by atoms with Crippen LogP contribution in [-0.4, -0.2) is 27.6 Å². The van der Waals surface area contributed by atoms with Gasteiger partial charge >= 0.3 is 0 Å². The molecule has 6 heteroatoms. The lowest BCUT2D eigenvalue weighted by Gasteiger charge is -2.12. The summed E-state index contributed by atoms with van der Waals surface area (Å²) in [6.45, 7) is -0.408. The van der Waals surface area contributed by atoms with Gasteiger partial charge in [-0.15, -0.1) is 0 Å². The summed E-state index contributed by atoms with van der Waals surface area (Å²) in [6, 6.07) is 4.72. The smallest absolute Gasteiger partial charge is 0.162 e. The van der Waals surface area contributed by atoms with Crippen LogP contribution in [0, 0.1) is 0 Å². The average Bonchev–Trinajstić information content (AvgIpc) is 2.18. The molecule has 0 spiro atoms. The molecule has 0 saturated heterocycles. The zero-order valence-electron chi connectivity index (χ0n) is 8.21. The number of hydrogen-bond acceptors (Lipinski definition) is 4. The van der Waals surface area contributed by atoms with Crippen molar-refractivity contribution in [1.29, 1.82) is 0 Å². The molecule has 0 amide bonds. The highest BCUT2D eigenvalue weighted by molar-refractivity contribution is 7.79. The summed E-state index contributed by atoms with van der Waals surface area (Å²) in [5, 5.41) is 8.11. The molecule has 1 rings (SSSR count). The summed E-state index contributed by atoms with van der Waals surface area (Å²) < 4.78 is 24.7. The van der Waals surface area contributed by atoms with Crippen LogP contribution in [0.2, 0.25) is 0 Å². The molecule has 84 valence electrons. The zero-order valence-corrected chi connectivity index (χ0v) is 9.03. The minimum Gasteiger partial charge on any atom is -0.495 e. The second-order valence-corrected chi connectivity index (χ2v) is 4.07. The molecule has 0 bridgehead atoms. The molecule has 15 heavy (non-hydrogen) atoms. The van der Waals surface area contributed by atoms with E-state index in [2.05, 4.69) is 0 Å². The fourth-order valence-electron chi connectivity index (χ4n) is 1.24. The Morgan fingerprint density at radius 2 is 2.27 bits per heavy atom. The van der Waals surface area contributed by atoms with Crippen LogP contribution in [0.4, 0.5) is 5.69 Å². The Bertz CT molecular complexity index is 369. The number of ether oxygens (including phenoxy) is 1. The van der Waals surface area contributed by atoms with Gasteiger partial charge in [0.2, 0.25) is 0 Å². The highest BCUT2D eigenvalue weighted by Crippen LogP contribution is 2.27. The molecule has 0 fully saturated rings. The van der Waals surface area contributed by atoms with Crippen LogP contribution in [0.5, 0.6) is 5.75 Å². The molecule has 0 aliphatic heterocycles. The molecule has 0 saturated carbocycles. The topological polar surface area (TPSA) is 92.8 Å². The number of nitrogens with two attached hydrogens (primary N) is 1. The number of nitrogen functional groups attached to an aromatic ring is 1. The first-order chi connectivity index (χ1) is 7.10. The molecule has 0 aliphatic carbocycles. The van der Waals surface area contributed by atoms with Crippen LogP contribution < -0.4 is 10.5 Å². The normalized spacial score (nSPS) is 14.6. The lowest BCUT2D eigenvalue weighted by molar-refractivity contribution is 0.290. The molecule has 0 aromatic heterocycles. The van der Waals surface area contributed by atoms with Crippen molar-refractivity contribution >= 4 is 16.8 Å². The van der Waals surface area contributed by atoms with E-state index in [0.29, 0.717) is 17.0 Å². The Hall–Kier alpha value is -1.11. The standard InChI is InChI=1S/C9H13NO4S/c1-14-8-3-2-6(4-7(8)10)9(5-11)15(12)13/h2-4,9,11H,5,10H2,1H3,(H,12,13). The lowest BCUT2D eigenvalue weighted by Crippen LogP contribution is -2.10. The summed E-state index contributed by atoms with van der Waals surface area (Å²) in [7, 11) is 1.49.